The van der Waals surface area contributed by atoms with Crippen LogP contribution in [0.2, 0.25) is 10.0 Å². The van der Waals surface area contributed by atoms with Gasteiger partial charge in [0.05, 0.1) is 35.3 Å². The Labute approximate surface area is 490 Å². The number of ether oxygens (including phenoxy) is 2. The Bertz CT molecular complexity index is 3070. The minimum atomic E-state index is -1.26. The van der Waals surface area contributed by atoms with E-state index in [1.165, 1.54) is 49.1 Å². The molecule has 6 aromatic rings. The molecule has 0 aliphatic carbocycles. The number of benzene rings is 4. The molecule has 4 heterocycles. The molecular formula is C56H57Cl2F2IN8O12. The van der Waals surface area contributed by atoms with E-state index in [0.717, 1.165) is 109 Å². The lowest BCUT2D eigenvalue weighted by molar-refractivity contribution is -0.134. The molecule has 2 aliphatic rings. The van der Waals surface area contributed by atoms with Crippen molar-refractivity contribution >= 4 is 128 Å². The zero-order chi connectivity index (χ0) is 58.5. The van der Waals surface area contributed by atoms with E-state index in [2.05, 4.69) is 43.7 Å². The van der Waals surface area contributed by atoms with Gasteiger partial charge in [-0.3, -0.25) is 9.59 Å². The number of methoxy groups -OCH3 is 2. The van der Waals surface area contributed by atoms with Crippen molar-refractivity contribution < 1.29 is 67.4 Å². The number of carbonyl (C=O) groups is 6. The first-order chi connectivity index (χ1) is 38.2. The van der Waals surface area contributed by atoms with Crippen molar-refractivity contribution in [1.29, 1.82) is 0 Å². The number of hydrogen-bond donors (Lipinski definition) is 6. The highest BCUT2D eigenvalue weighted by atomic mass is 127. The molecule has 0 spiro atoms. The number of piperidine rings is 2. The number of rotatable bonds is 16. The maximum atomic E-state index is 13.5. The number of amides is 2. The molecule has 0 unspecified atom stereocenters. The van der Waals surface area contributed by atoms with Crippen LogP contribution in [-0.4, -0.2) is 126 Å². The second-order valence-electron chi connectivity index (χ2n) is 17.7. The van der Waals surface area contributed by atoms with Crippen LogP contribution in [0, 0.1) is 23.5 Å². The number of nitrogens with zero attached hydrogens (tertiary/aromatic N) is 6. The number of carboxylic acid groups (broad SMARTS) is 4. The zero-order valence-electron chi connectivity index (χ0n) is 43.7. The van der Waals surface area contributed by atoms with Gasteiger partial charge in [-0.15, -0.1) is 24.0 Å². The lowest BCUT2D eigenvalue weighted by Crippen LogP contribution is -2.37. The van der Waals surface area contributed by atoms with Crippen LogP contribution in [0.1, 0.15) is 36.8 Å². The van der Waals surface area contributed by atoms with Gasteiger partial charge in [0, 0.05) is 84.8 Å². The van der Waals surface area contributed by atoms with Crippen LogP contribution in [-0.2, 0) is 41.6 Å². The first kappa shape index (κ1) is 65.2. The summed E-state index contributed by atoms with van der Waals surface area (Å²) in [7, 11) is 3.30. The predicted molar refractivity (Wildman–Crippen MR) is 312 cm³/mol. The summed E-state index contributed by atoms with van der Waals surface area (Å²) < 4.78 is 38.3. The van der Waals surface area contributed by atoms with Gasteiger partial charge in [-0.1, -0.05) is 36.4 Å². The van der Waals surface area contributed by atoms with Gasteiger partial charge < -0.3 is 50.3 Å². The van der Waals surface area contributed by atoms with E-state index in [-0.39, 0.29) is 45.8 Å². The van der Waals surface area contributed by atoms with Crippen molar-refractivity contribution in [2.24, 2.45) is 11.8 Å². The number of aromatic nitrogens is 4. The number of carboxylic acids is 4. The Hall–Kier alpha value is -8.29. The molecule has 2 amide bonds. The third kappa shape index (κ3) is 20.1. The molecule has 25 heteroatoms. The molecule has 2 saturated heterocycles. The van der Waals surface area contributed by atoms with Gasteiger partial charge in [-0.05, 0) is 122 Å². The van der Waals surface area contributed by atoms with Crippen molar-refractivity contribution in [2.45, 2.75) is 38.5 Å². The molecule has 2 fully saturated rings. The number of halogens is 5. The highest BCUT2D eigenvalue weighted by Gasteiger charge is 2.25. The Morgan fingerprint density at radius 2 is 0.914 bits per heavy atom. The molecule has 0 bridgehead atoms. The second kappa shape index (κ2) is 32.1. The minimum Gasteiger partial charge on any atom is -0.496 e. The van der Waals surface area contributed by atoms with Crippen LogP contribution in [0.15, 0.2) is 123 Å². The van der Waals surface area contributed by atoms with Crippen molar-refractivity contribution in [3.05, 3.63) is 156 Å². The lowest BCUT2D eigenvalue weighted by atomic mass is 9.89. The van der Waals surface area contributed by atoms with Crippen molar-refractivity contribution in [3.8, 4) is 11.5 Å². The summed E-state index contributed by atoms with van der Waals surface area (Å²) >= 11 is 11.8. The molecule has 0 radical (unpaired) electrons. The first-order valence-electron chi connectivity index (χ1n) is 24.4. The van der Waals surface area contributed by atoms with Gasteiger partial charge in [0.25, 0.3) is 0 Å². The highest BCUT2D eigenvalue weighted by Crippen LogP contribution is 2.36. The SMILES string of the molecule is C=CC(=O)N1CCC(Cc2cc3c(Nc4ccc(F)c(Cl)c4)ncnc3cc2OC)CC1.C=CC(=O)N1CCC(Cc2cc3c(Nc4ccc(F)c(Cl)c4)ncnc3cc2OC)CC1.I.O=C(O)/C=C\C(=O)O.O=C(O)/C=C\C(=O)O. The number of fused-ring (bicyclic) bond motifs is 2. The molecule has 2 aromatic heterocycles. The fraction of sp³-hybridized carbons (Fsp3) is 0.250. The van der Waals surface area contributed by atoms with Crippen molar-refractivity contribution in [2.75, 3.05) is 51.0 Å². The Morgan fingerprint density at radius 1 is 0.580 bits per heavy atom. The zero-order valence-corrected chi connectivity index (χ0v) is 47.5. The summed E-state index contributed by atoms with van der Waals surface area (Å²) in [6, 6.07) is 16.8. The van der Waals surface area contributed by atoms with Gasteiger partial charge in [0.15, 0.2) is 0 Å². The number of nitrogens with one attached hydrogen (secondary N) is 2. The Balaban J connectivity index is 0.000000272. The molecule has 428 valence electrons. The van der Waals surface area contributed by atoms with Crippen LogP contribution in [0.5, 0.6) is 11.5 Å². The maximum Gasteiger partial charge on any atom is 0.328 e. The Kier molecular flexibility index (Phi) is 25.8. The molecule has 0 saturated carbocycles. The molecule has 8 rings (SSSR count). The van der Waals surface area contributed by atoms with E-state index in [0.29, 0.717) is 59.2 Å². The van der Waals surface area contributed by atoms with E-state index in [9.17, 15) is 37.5 Å². The third-order valence-corrected chi connectivity index (χ3v) is 13.0. The quantitative estimate of drug-likeness (QED) is 0.0388. The molecule has 0 atom stereocenters. The van der Waals surface area contributed by atoms with Gasteiger partial charge >= 0.3 is 23.9 Å². The lowest BCUT2D eigenvalue weighted by Gasteiger charge is -2.31. The monoisotopic (exact) mass is 1270 g/mol. The predicted octanol–water partition coefficient (Wildman–Crippen LogP) is 10.3. The van der Waals surface area contributed by atoms with E-state index in [1.54, 1.807) is 26.4 Å². The van der Waals surface area contributed by atoms with Gasteiger partial charge in [0.1, 0.15) is 47.4 Å². The summed E-state index contributed by atoms with van der Waals surface area (Å²) in [5, 5.41) is 39.4. The largest absolute Gasteiger partial charge is 0.496 e. The first-order valence-corrected chi connectivity index (χ1v) is 25.2. The molecular weight excluding hydrogens is 1210 g/mol. The highest BCUT2D eigenvalue weighted by molar-refractivity contribution is 14.0. The van der Waals surface area contributed by atoms with Gasteiger partial charge in [-0.2, -0.15) is 0 Å². The number of carbonyl (C=O) groups excluding carboxylic acids is 2. The van der Waals surface area contributed by atoms with E-state index >= 15 is 0 Å². The van der Waals surface area contributed by atoms with E-state index in [4.69, 9.17) is 53.1 Å². The van der Waals surface area contributed by atoms with Crippen molar-refractivity contribution in [1.82, 2.24) is 29.7 Å². The molecule has 2 aliphatic heterocycles. The van der Waals surface area contributed by atoms with Crippen LogP contribution in [0.3, 0.4) is 0 Å². The number of hydrogen-bond acceptors (Lipinski definition) is 14. The topological polar surface area (TPSA) is 284 Å². The normalized spacial score (nSPS) is 13.3. The van der Waals surface area contributed by atoms with Gasteiger partial charge in [-0.25, -0.2) is 47.9 Å². The van der Waals surface area contributed by atoms with Crippen LogP contribution in [0.4, 0.5) is 31.8 Å². The average molecular weight is 1270 g/mol. The van der Waals surface area contributed by atoms with Crippen molar-refractivity contribution in [3.63, 3.8) is 0 Å². The van der Waals surface area contributed by atoms with Crippen LogP contribution in [0.25, 0.3) is 21.8 Å². The maximum absolute atomic E-state index is 13.5. The third-order valence-electron chi connectivity index (χ3n) is 12.4. The standard InChI is InChI=1S/2C24H24ClFN4O2.2C4H4O4.HI/c2*1-3-23(31)30-8-6-15(7-9-30)10-16-11-18-21(13-22(16)32-2)27-14-28-24(18)29-17-4-5-20(26)19(25)12-17;2*5-3(6)1-2-4(7)8;/h2*3-5,11-15H,1,6-10H2,2H3,(H,27,28,29);2*1-2H,(H,5,6)(H,7,8);1H/b;;2*2-1-;. The fourth-order valence-electron chi connectivity index (χ4n) is 8.46. The Morgan fingerprint density at radius 3 is 1.20 bits per heavy atom. The average Bonchev–Trinajstić information content (AvgIpc) is 3.44. The summed E-state index contributed by atoms with van der Waals surface area (Å²) in [5.41, 5.74) is 4.86. The van der Waals surface area contributed by atoms with Crippen LogP contribution < -0.4 is 20.1 Å². The van der Waals surface area contributed by atoms with E-state index in [1.807, 2.05) is 34.1 Å². The number of anilines is 4. The number of aliphatic carboxylic acids is 4. The molecule has 4 aromatic carbocycles. The number of likely N-dealkylation sites (tertiary alicyclic amines) is 2. The summed E-state index contributed by atoms with van der Waals surface area (Å²) in [6.07, 6.45) is 13.3. The van der Waals surface area contributed by atoms with Gasteiger partial charge in [0.2, 0.25) is 11.8 Å². The van der Waals surface area contributed by atoms with E-state index < -0.39 is 35.5 Å². The minimum absolute atomic E-state index is 0. The summed E-state index contributed by atoms with van der Waals surface area (Å²) in [6.45, 7) is 10.1. The van der Waals surface area contributed by atoms with Crippen LogP contribution >= 0.6 is 47.2 Å². The molecule has 81 heavy (non-hydrogen) atoms. The molecule has 20 nitrogen and oxygen atoms in total. The molecule has 6 N–H and O–H groups in total. The second-order valence-corrected chi connectivity index (χ2v) is 18.5. The summed E-state index contributed by atoms with van der Waals surface area (Å²) in [4.78, 5) is 83.1. The summed E-state index contributed by atoms with van der Waals surface area (Å²) in [5.74, 6) is -2.37. The smallest absolute Gasteiger partial charge is 0.328 e. The fourth-order valence-corrected chi connectivity index (χ4v) is 8.82.